The molecule has 0 aliphatic rings. The minimum absolute atomic E-state index is 0.0908. The van der Waals surface area contributed by atoms with Crippen molar-refractivity contribution in [2.45, 2.75) is 39.5 Å². The lowest BCUT2D eigenvalue weighted by molar-refractivity contribution is 0.103. The fourth-order valence-electron chi connectivity index (χ4n) is 2.18. The van der Waals surface area contributed by atoms with Gasteiger partial charge in [0.25, 0.3) is 0 Å². The lowest BCUT2D eigenvalue weighted by Gasteiger charge is -2.19. The van der Waals surface area contributed by atoms with Crippen LogP contribution in [0.4, 0.5) is 0 Å². The summed E-state index contributed by atoms with van der Waals surface area (Å²) in [6, 6.07) is 15.8. The van der Waals surface area contributed by atoms with E-state index in [2.05, 4.69) is 45.6 Å². The zero-order chi connectivity index (χ0) is 16.8. The van der Waals surface area contributed by atoms with Crippen LogP contribution < -0.4 is 5.14 Å². The number of nitrogens with two attached hydrogens (primary N) is 1. The SMILES string of the molecule is CCc1ccc(C(=O)c2ccc(C(C)(C)C)cc2)cc1.NS. The second-order valence-electron chi connectivity index (χ2n) is 6.21. The fourth-order valence-corrected chi connectivity index (χ4v) is 2.18. The number of benzene rings is 2. The van der Waals surface area contributed by atoms with E-state index in [9.17, 15) is 4.79 Å². The Balaban J connectivity index is 0.00000116. The first kappa shape index (κ1) is 18.5. The number of rotatable bonds is 3. The fraction of sp³-hybridized carbons (Fsp3) is 0.316. The summed E-state index contributed by atoms with van der Waals surface area (Å²) in [5, 5.41) is 4.19. The molecule has 0 atom stereocenters. The van der Waals surface area contributed by atoms with Crippen LogP contribution in [0.25, 0.3) is 0 Å². The lowest BCUT2D eigenvalue weighted by Crippen LogP contribution is -2.11. The average Bonchev–Trinajstić information content (AvgIpc) is 2.55. The van der Waals surface area contributed by atoms with Crippen LogP contribution in [0.2, 0.25) is 0 Å². The highest BCUT2D eigenvalue weighted by molar-refractivity contribution is 7.77. The molecule has 0 fully saturated rings. The van der Waals surface area contributed by atoms with Gasteiger partial charge in [-0.05, 0) is 23.0 Å². The first-order valence-corrected chi connectivity index (χ1v) is 7.93. The molecule has 22 heavy (non-hydrogen) atoms. The molecule has 0 radical (unpaired) electrons. The van der Waals surface area contributed by atoms with Crippen molar-refractivity contribution >= 4 is 18.6 Å². The number of hydrogen-bond donors (Lipinski definition) is 2. The van der Waals surface area contributed by atoms with Gasteiger partial charge in [-0.3, -0.25) is 9.93 Å². The standard InChI is InChI=1S/C19H22O.H3NS/c1-5-14-6-8-15(9-7-14)18(20)16-10-12-17(13-11-16)19(2,3)4;1-2/h6-13H,5H2,1-4H3;2H,1H2. The van der Waals surface area contributed by atoms with Crippen LogP contribution >= 0.6 is 12.8 Å². The van der Waals surface area contributed by atoms with E-state index >= 15 is 0 Å². The summed E-state index contributed by atoms with van der Waals surface area (Å²) in [6.07, 6.45) is 0.995. The number of aryl methyl sites for hydroxylation is 1. The van der Waals surface area contributed by atoms with E-state index in [1.54, 1.807) is 0 Å². The summed E-state index contributed by atoms with van der Waals surface area (Å²) >= 11 is 3.03. The van der Waals surface area contributed by atoms with Crippen molar-refractivity contribution in [2.75, 3.05) is 0 Å². The minimum atomic E-state index is 0.0908. The lowest BCUT2D eigenvalue weighted by atomic mass is 9.86. The quantitative estimate of drug-likeness (QED) is 0.644. The topological polar surface area (TPSA) is 43.1 Å². The second-order valence-corrected chi connectivity index (χ2v) is 6.21. The molecule has 2 rings (SSSR count). The molecule has 3 heteroatoms. The maximum absolute atomic E-state index is 12.4. The zero-order valence-electron chi connectivity index (χ0n) is 13.8. The Labute approximate surface area is 139 Å². The van der Waals surface area contributed by atoms with Crippen LogP contribution in [0.1, 0.15) is 54.7 Å². The van der Waals surface area contributed by atoms with Crippen LogP contribution in [0.15, 0.2) is 48.5 Å². The van der Waals surface area contributed by atoms with Crippen molar-refractivity contribution in [2.24, 2.45) is 5.14 Å². The van der Waals surface area contributed by atoms with Gasteiger partial charge in [0, 0.05) is 11.1 Å². The predicted octanol–water partition coefficient (Wildman–Crippen LogP) is 4.57. The normalized spacial score (nSPS) is 10.6. The van der Waals surface area contributed by atoms with Crippen LogP contribution in [0.3, 0.4) is 0 Å². The maximum atomic E-state index is 12.4. The van der Waals surface area contributed by atoms with E-state index in [1.165, 1.54) is 11.1 Å². The molecule has 2 aromatic carbocycles. The molecule has 2 aromatic rings. The molecule has 0 aliphatic heterocycles. The van der Waals surface area contributed by atoms with E-state index in [-0.39, 0.29) is 11.2 Å². The number of carbonyl (C=O) groups is 1. The molecule has 2 nitrogen and oxygen atoms in total. The van der Waals surface area contributed by atoms with Gasteiger partial charge in [-0.2, -0.15) is 0 Å². The molecule has 0 aromatic heterocycles. The van der Waals surface area contributed by atoms with Gasteiger partial charge in [-0.15, -0.1) is 12.8 Å². The van der Waals surface area contributed by atoms with Crippen molar-refractivity contribution in [3.05, 3.63) is 70.8 Å². The Kier molecular flexibility index (Phi) is 6.85. The number of thiol groups is 1. The molecule has 0 saturated heterocycles. The van der Waals surface area contributed by atoms with E-state index < -0.39 is 0 Å². The zero-order valence-corrected chi connectivity index (χ0v) is 14.7. The monoisotopic (exact) mass is 315 g/mol. The summed E-state index contributed by atoms with van der Waals surface area (Å²) in [5.41, 5.74) is 4.12. The van der Waals surface area contributed by atoms with Crippen LogP contribution in [0, 0.1) is 0 Å². The molecule has 0 spiro atoms. The summed E-state index contributed by atoms with van der Waals surface area (Å²) in [5.74, 6) is 0.0908. The molecule has 0 unspecified atom stereocenters. The van der Waals surface area contributed by atoms with E-state index in [1.807, 2.05) is 48.5 Å². The summed E-state index contributed by atoms with van der Waals surface area (Å²) in [4.78, 5) is 12.4. The molecule has 0 aliphatic carbocycles. The van der Waals surface area contributed by atoms with Gasteiger partial charge in [0.1, 0.15) is 0 Å². The van der Waals surface area contributed by atoms with Gasteiger partial charge in [0.05, 0.1) is 0 Å². The summed E-state index contributed by atoms with van der Waals surface area (Å²) in [7, 11) is 0. The van der Waals surface area contributed by atoms with Gasteiger partial charge >= 0.3 is 0 Å². The van der Waals surface area contributed by atoms with Gasteiger partial charge < -0.3 is 0 Å². The third-order valence-electron chi connectivity index (χ3n) is 3.64. The molecule has 0 saturated carbocycles. The highest BCUT2D eigenvalue weighted by atomic mass is 32.1. The second kappa shape index (κ2) is 8.16. The smallest absolute Gasteiger partial charge is 0.193 e. The summed E-state index contributed by atoms with van der Waals surface area (Å²) < 4.78 is 0. The molecule has 0 heterocycles. The highest BCUT2D eigenvalue weighted by Gasteiger charge is 2.14. The average molecular weight is 315 g/mol. The third kappa shape index (κ3) is 4.72. The van der Waals surface area contributed by atoms with Crippen molar-refractivity contribution < 1.29 is 4.79 Å². The number of ketones is 1. The van der Waals surface area contributed by atoms with Crippen LogP contribution in [-0.4, -0.2) is 5.78 Å². The van der Waals surface area contributed by atoms with E-state index in [4.69, 9.17) is 0 Å². The Hall–Kier alpha value is -1.58. The summed E-state index contributed by atoms with van der Waals surface area (Å²) in [6.45, 7) is 8.63. The first-order chi connectivity index (χ1) is 10.4. The van der Waals surface area contributed by atoms with Crippen molar-refractivity contribution in [1.29, 1.82) is 0 Å². The molecule has 2 N–H and O–H groups in total. The Morgan fingerprint density at radius 3 is 1.68 bits per heavy atom. The Morgan fingerprint density at radius 2 is 1.32 bits per heavy atom. The van der Waals surface area contributed by atoms with Crippen LogP contribution in [0.5, 0.6) is 0 Å². The highest BCUT2D eigenvalue weighted by Crippen LogP contribution is 2.23. The largest absolute Gasteiger partial charge is 0.289 e. The molecule has 0 amide bonds. The van der Waals surface area contributed by atoms with Crippen molar-refractivity contribution in [3.63, 3.8) is 0 Å². The molecular formula is C19H25NOS. The van der Waals surface area contributed by atoms with E-state index in [0.29, 0.717) is 0 Å². The van der Waals surface area contributed by atoms with Gasteiger partial charge in [-0.1, -0.05) is 76.2 Å². The first-order valence-electron chi connectivity index (χ1n) is 7.42. The van der Waals surface area contributed by atoms with Crippen LogP contribution in [-0.2, 0) is 11.8 Å². The van der Waals surface area contributed by atoms with Gasteiger partial charge in [0.2, 0.25) is 0 Å². The Morgan fingerprint density at radius 1 is 0.909 bits per heavy atom. The number of hydrogen-bond acceptors (Lipinski definition) is 3. The van der Waals surface area contributed by atoms with Crippen molar-refractivity contribution in [3.8, 4) is 0 Å². The number of carbonyl (C=O) groups excluding carboxylic acids is 1. The van der Waals surface area contributed by atoms with E-state index in [0.717, 1.165) is 17.5 Å². The molecular weight excluding hydrogens is 290 g/mol. The Bertz CT molecular complexity index is 595. The molecule has 118 valence electrons. The predicted molar refractivity (Wildman–Crippen MR) is 97.6 cm³/mol. The van der Waals surface area contributed by atoms with Gasteiger partial charge in [-0.25, -0.2) is 0 Å². The maximum Gasteiger partial charge on any atom is 0.193 e. The molecule has 0 bridgehead atoms. The van der Waals surface area contributed by atoms with Crippen molar-refractivity contribution in [1.82, 2.24) is 0 Å². The van der Waals surface area contributed by atoms with Gasteiger partial charge in [0.15, 0.2) is 5.78 Å². The third-order valence-corrected chi connectivity index (χ3v) is 3.64. The minimum Gasteiger partial charge on any atom is -0.289 e.